The molecule has 0 saturated carbocycles. The van der Waals surface area contributed by atoms with Crippen molar-refractivity contribution in [1.29, 1.82) is 5.26 Å². The van der Waals surface area contributed by atoms with Crippen LogP contribution in [0.5, 0.6) is 0 Å². The summed E-state index contributed by atoms with van der Waals surface area (Å²) in [4.78, 5) is 24.8. The summed E-state index contributed by atoms with van der Waals surface area (Å²) in [6.07, 6.45) is 0. The Kier molecular flexibility index (Phi) is 4.64. The molecule has 0 spiro atoms. The number of amides is 2. The van der Waals surface area contributed by atoms with Gasteiger partial charge < -0.3 is 10.2 Å². The van der Waals surface area contributed by atoms with E-state index in [1.807, 2.05) is 19.1 Å². The number of carbonyl (C=O) groups excluding carboxylic acids is 2. The quantitative estimate of drug-likeness (QED) is 0.919. The third-order valence-corrected chi connectivity index (χ3v) is 3.99. The van der Waals surface area contributed by atoms with Gasteiger partial charge in [-0.1, -0.05) is 23.9 Å². The van der Waals surface area contributed by atoms with Gasteiger partial charge in [-0.05, 0) is 24.6 Å². The molecule has 0 aromatic heterocycles. The van der Waals surface area contributed by atoms with Crippen molar-refractivity contribution >= 4 is 22.9 Å². The van der Waals surface area contributed by atoms with Crippen LogP contribution in [0.4, 0.5) is 4.79 Å². The smallest absolute Gasteiger partial charge is 0.282 e. The van der Waals surface area contributed by atoms with Gasteiger partial charge in [0.1, 0.15) is 6.54 Å². The summed E-state index contributed by atoms with van der Waals surface area (Å²) < 4.78 is 0. The summed E-state index contributed by atoms with van der Waals surface area (Å²) in [6, 6.07) is 8.98. The Balaban J connectivity index is 1.89. The Bertz CT molecular complexity index is 551. The molecule has 104 valence electrons. The van der Waals surface area contributed by atoms with Gasteiger partial charge in [-0.25, -0.2) is 0 Å². The molecule has 20 heavy (non-hydrogen) atoms. The molecule has 1 N–H and O–H groups in total. The first-order chi connectivity index (χ1) is 9.60. The topological polar surface area (TPSA) is 73.2 Å². The first kappa shape index (κ1) is 14.4. The lowest BCUT2D eigenvalue weighted by Gasteiger charge is -2.18. The minimum absolute atomic E-state index is 0.0359. The van der Waals surface area contributed by atoms with E-state index in [0.29, 0.717) is 12.1 Å². The molecular formula is C14H15N3O2S. The van der Waals surface area contributed by atoms with Crippen LogP contribution in [-0.4, -0.2) is 34.9 Å². The summed E-state index contributed by atoms with van der Waals surface area (Å²) in [5, 5.41) is 11.6. The number of thioether (sulfide) groups is 1. The Labute approximate surface area is 121 Å². The predicted molar refractivity (Wildman–Crippen MR) is 77.1 cm³/mol. The van der Waals surface area contributed by atoms with Gasteiger partial charge in [0.2, 0.25) is 5.91 Å². The van der Waals surface area contributed by atoms with Gasteiger partial charge in [0.05, 0.1) is 17.7 Å². The molecule has 1 aliphatic heterocycles. The number of benzene rings is 1. The summed E-state index contributed by atoms with van der Waals surface area (Å²) in [7, 11) is 0. The van der Waals surface area contributed by atoms with E-state index < -0.39 is 0 Å². The predicted octanol–water partition coefficient (Wildman–Crippen LogP) is 1.90. The largest absolute Gasteiger partial charge is 0.348 e. The van der Waals surface area contributed by atoms with Crippen molar-refractivity contribution < 1.29 is 9.59 Å². The third kappa shape index (κ3) is 3.52. The second kappa shape index (κ2) is 6.44. The lowest BCUT2D eigenvalue weighted by Crippen LogP contribution is -2.38. The van der Waals surface area contributed by atoms with Gasteiger partial charge in [-0.3, -0.25) is 9.59 Å². The summed E-state index contributed by atoms with van der Waals surface area (Å²) >= 11 is 1.24. The van der Waals surface area contributed by atoms with E-state index in [4.69, 9.17) is 5.26 Å². The van der Waals surface area contributed by atoms with Crippen LogP contribution in [0.15, 0.2) is 24.3 Å². The van der Waals surface area contributed by atoms with Crippen LogP contribution in [-0.2, 0) is 4.79 Å². The SMILES string of the molecule is C[C@H](NC(=O)CN1CCSC1=O)c1ccc(C#N)cc1. The highest BCUT2D eigenvalue weighted by molar-refractivity contribution is 8.13. The van der Waals surface area contributed by atoms with Crippen LogP contribution in [0.25, 0.3) is 0 Å². The van der Waals surface area contributed by atoms with E-state index in [1.165, 1.54) is 11.8 Å². The van der Waals surface area contributed by atoms with E-state index >= 15 is 0 Å². The molecule has 1 heterocycles. The molecule has 2 amide bonds. The zero-order valence-electron chi connectivity index (χ0n) is 11.1. The second-order valence-electron chi connectivity index (χ2n) is 4.56. The van der Waals surface area contributed by atoms with Gasteiger partial charge in [0.25, 0.3) is 5.24 Å². The zero-order chi connectivity index (χ0) is 14.5. The summed E-state index contributed by atoms with van der Waals surface area (Å²) in [6.45, 7) is 2.61. The lowest BCUT2D eigenvalue weighted by molar-refractivity contribution is -0.122. The van der Waals surface area contributed by atoms with E-state index in [1.54, 1.807) is 17.0 Å². The van der Waals surface area contributed by atoms with Crippen molar-refractivity contribution in [1.82, 2.24) is 10.2 Å². The molecule has 1 saturated heterocycles. The normalized spacial score (nSPS) is 15.8. The Morgan fingerprint density at radius 2 is 2.20 bits per heavy atom. The Morgan fingerprint density at radius 1 is 1.50 bits per heavy atom. The standard InChI is InChI=1S/C14H15N3O2S/c1-10(12-4-2-11(8-15)3-5-12)16-13(18)9-17-6-7-20-14(17)19/h2-5,10H,6-7,9H2,1H3,(H,16,18)/t10-/m0/s1. The van der Waals surface area contributed by atoms with Crippen molar-refractivity contribution in [3.63, 3.8) is 0 Å². The first-order valence-corrected chi connectivity index (χ1v) is 7.30. The number of nitriles is 1. The van der Waals surface area contributed by atoms with E-state index in [-0.39, 0.29) is 23.7 Å². The van der Waals surface area contributed by atoms with Crippen LogP contribution in [0, 0.1) is 11.3 Å². The van der Waals surface area contributed by atoms with Crippen LogP contribution in [0.1, 0.15) is 24.1 Å². The fourth-order valence-corrected chi connectivity index (χ4v) is 2.78. The van der Waals surface area contributed by atoms with Gasteiger partial charge in [-0.15, -0.1) is 0 Å². The number of rotatable bonds is 4. The first-order valence-electron chi connectivity index (χ1n) is 6.31. The molecule has 0 radical (unpaired) electrons. The maximum Gasteiger partial charge on any atom is 0.282 e. The molecule has 1 aromatic carbocycles. The number of hydrogen-bond acceptors (Lipinski definition) is 4. The maximum absolute atomic E-state index is 11.9. The van der Waals surface area contributed by atoms with Crippen molar-refractivity contribution in [2.24, 2.45) is 0 Å². The Morgan fingerprint density at radius 3 is 2.75 bits per heavy atom. The molecule has 1 fully saturated rings. The second-order valence-corrected chi connectivity index (χ2v) is 5.61. The molecule has 2 rings (SSSR count). The number of nitrogens with one attached hydrogen (secondary N) is 1. The van der Waals surface area contributed by atoms with E-state index in [9.17, 15) is 9.59 Å². The van der Waals surface area contributed by atoms with Crippen molar-refractivity contribution in [3.8, 4) is 6.07 Å². The van der Waals surface area contributed by atoms with Crippen LogP contribution in [0.2, 0.25) is 0 Å². The lowest BCUT2D eigenvalue weighted by atomic mass is 10.1. The number of hydrogen-bond donors (Lipinski definition) is 1. The Hall–Kier alpha value is -2.00. The summed E-state index contributed by atoms with van der Waals surface area (Å²) in [5.74, 6) is 0.579. The van der Waals surface area contributed by atoms with E-state index in [2.05, 4.69) is 11.4 Å². The number of nitrogens with zero attached hydrogens (tertiary/aromatic N) is 2. The molecule has 1 aliphatic rings. The van der Waals surface area contributed by atoms with Crippen molar-refractivity contribution in [3.05, 3.63) is 35.4 Å². The van der Waals surface area contributed by atoms with Gasteiger partial charge in [0, 0.05) is 12.3 Å². The highest BCUT2D eigenvalue weighted by Crippen LogP contribution is 2.17. The average Bonchev–Trinajstić information content (AvgIpc) is 2.84. The molecule has 0 aliphatic carbocycles. The van der Waals surface area contributed by atoms with Gasteiger partial charge in [0.15, 0.2) is 0 Å². The van der Waals surface area contributed by atoms with Crippen LogP contribution in [0.3, 0.4) is 0 Å². The fourth-order valence-electron chi connectivity index (χ4n) is 1.96. The average molecular weight is 289 g/mol. The molecule has 1 atom stereocenters. The van der Waals surface area contributed by atoms with Crippen molar-refractivity contribution in [2.45, 2.75) is 13.0 Å². The fraction of sp³-hybridized carbons (Fsp3) is 0.357. The summed E-state index contributed by atoms with van der Waals surface area (Å²) in [5.41, 5.74) is 1.52. The molecule has 0 bridgehead atoms. The zero-order valence-corrected chi connectivity index (χ0v) is 11.9. The highest BCUT2D eigenvalue weighted by atomic mass is 32.2. The van der Waals surface area contributed by atoms with Crippen LogP contribution >= 0.6 is 11.8 Å². The molecule has 6 heteroatoms. The number of carbonyl (C=O) groups is 2. The van der Waals surface area contributed by atoms with Gasteiger partial charge >= 0.3 is 0 Å². The molecule has 5 nitrogen and oxygen atoms in total. The minimum Gasteiger partial charge on any atom is -0.348 e. The van der Waals surface area contributed by atoms with Crippen molar-refractivity contribution in [2.75, 3.05) is 18.8 Å². The molecule has 0 unspecified atom stereocenters. The van der Waals surface area contributed by atoms with E-state index in [0.717, 1.165) is 11.3 Å². The minimum atomic E-state index is -0.169. The monoisotopic (exact) mass is 289 g/mol. The van der Waals surface area contributed by atoms with Crippen LogP contribution < -0.4 is 5.32 Å². The molecular weight excluding hydrogens is 274 g/mol. The highest BCUT2D eigenvalue weighted by Gasteiger charge is 2.23. The third-order valence-electron chi connectivity index (χ3n) is 3.10. The molecule has 1 aromatic rings. The maximum atomic E-state index is 11.9. The van der Waals surface area contributed by atoms with Gasteiger partial charge in [-0.2, -0.15) is 5.26 Å².